The normalized spacial score (nSPS) is 23.9. The topological polar surface area (TPSA) is 3.24 Å². The highest BCUT2D eigenvalue weighted by atomic mass is 32.2. The van der Waals surface area contributed by atoms with E-state index in [0.29, 0.717) is 0 Å². The minimum atomic E-state index is 0.266. The van der Waals surface area contributed by atoms with Crippen LogP contribution in [0, 0.1) is 0 Å². The Morgan fingerprint density at radius 2 is 1.94 bits per heavy atom. The van der Waals surface area contributed by atoms with Crippen molar-refractivity contribution in [2.24, 2.45) is 0 Å². The molecule has 1 aromatic carbocycles. The van der Waals surface area contributed by atoms with Gasteiger partial charge in [0.2, 0.25) is 0 Å². The summed E-state index contributed by atoms with van der Waals surface area (Å²) in [5, 5.41) is 0.719. The summed E-state index contributed by atoms with van der Waals surface area (Å²) in [5.74, 6) is 1.29. The van der Waals surface area contributed by atoms with Gasteiger partial charge >= 0.3 is 0 Å². The molecular formula is C16H23NS. The fourth-order valence-electron chi connectivity index (χ4n) is 3.14. The van der Waals surface area contributed by atoms with Crippen LogP contribution in [-0.4, -0.2) is 24.2 Å². The van der Waals surface area contributed by atoms with Crippen molar-refractivity contribution in [2.75, 3.05) is 19.3 Å². The van der Waals surface area contributed by atoms with Crippen molar-refractivity contribution in [3.8, 4) is 0 Å². The first-order valence-electron chi connectivity index (χ1n) is 6.91. The quantitative estimate of drug-likeness (QED) is 0.699. The van der Waals surface area contributed by atoms with Gasteiger partial charge in [0, 0.05) is 18.3 Å². The van der Waals surface area contributed by atoms with E-state index in [4.69, 9.17) is 0 Å². The highest BCUT2D eigenvalue weighted by Crippen LogP contribution is 2.43. The number of likely N-dealkylation sites (N-methyl/N-ethyl adjacent to an activating group) is 1. The third kappa shape index (κ3) is 2.10. The van der Waals surface area contributed by atoms with Crippen molar-refractivity contribution in [1.29, 1.82) is 0 Å². The number of thioether (sulfide) groups is 1. The van der Waals surface area contributed by atoms with E-state index in [0.717, 1.165) is 11.8 Å². The molecule has 0 spiro atoms. The second-order valence-corrected chi connectivity index (χ2v) is 8.07. The Morgan fingerprint density at radius 1 is 1.22 bits per heavy atom. The van der Waals surface area contributed by atoms with E-state index < -0.39 is 0 Å². The molecule has 0 bridgehead atoms. The van der Waals surface area contributed by atoms with E-state index in [1.807, 2.05) is 0 Å². The first-order valence-corrected chi connectivity index (χ1v) is 7.96. The van der Waals surface area contributed by atoms with Gasteiger partial charge in [0.1, 0.15) is 0 Å². The average Bonchev–Trinajstić information content (AvgIpc) is 2.27. The maximum atomic E-state index is 2.48. The van der Waals surface area contributed by atoms with Crippen molar-refractivity contribution in [3.05, 3.63) is 34.4 Å². The zero-order chi connectivity index (χ0) is 12.9. The largest absolute Gasteiger partial charge is 0.301 e. The fourth-order valence-corrected chi connectivity index (χ4v) is 4.59. The summed E-state index contributed by atoms with van der Waals surface area (Å²) in [6, 6.07) is 4.95. The van der Waals surface area contributed by atoms with Gasteiger partial charge in [-0.3, -0.25) is 0 Å². The van der Waals surface area contributed by atoms with Crippen LogP contribution in [0.4, 0.5) is 0 Å². The van der Waals surface area contributed by atoms with Crippen LogP contribution in [0.2, 0.25) is 0 Å². The van der Waals surface area contributed by atoms with E-state index in [1.54, 1.807) is 16.7 Å². The lowest BCUT2D eigenvalue weighted by Crippen LogP contribution is -2.32. The zero-order valence-electron chi connectivity index (χ0n) is 11.9. The van der Waals surface area contributed by atoms with Crippen molar-refractivity contribution in [2.45, 2.75) is 44.4 Å². The van der Waals surface area contributed by atoms with Gasteiger partial charge in [-0.05, 0) is 46.9 Å². The lowest BCUT2D eigenvalue weighted by Gasteiger charge is -2.37. The molecule has 2 aliphatic heterocycles. The Bertz CT molecular complexity index is 473. The second-order valence-electron chi connectivity index (χ2n) is 6.76. The molecule has 2 heteroatoms. The summed E-state index contributed by atoms with van der Waals surface area (Å²) >= 11 is 2.15. The van der Waals surface area contributed by atoms with Crippen LogP contribution < -0.4 is 0 Å². The maximum absolute atomic E-state index is 2.48. The van der Waals surface area contributed by atoms with Crippen LogP contribution in [0.5, 0.6) is 0 Å². The molecule has 0 radical (unpaired) electrons. The lowest BCUT2D eigenvalue weighted by molar-refractivity contribution is 0.308. The molecule has 98 valence electrons. The van der Waals surface area contributed by atoms with Crippen molar-refractivity contribution in [1.82, 2.24) is 4.90 Å². The minimum absolute atomic E-state index is 0.266. The standard InChI is InChI=1S/C16H23NS/c1-16(2,3)13-7-11-5-6-18-14-10-17(4)9-12(8-13)15(11)14/h7-8,14H,5-6,9-10H2,1-4H3. The molecule has 0 aliphatic carbocycles. The molecule has 1 atom stereocenters. The summed E-state index contributed by atoms with van der Waals surface area (Å²) in [4.78, 5) is 2.47. The van der Waals surface area contributed by atoms with Crippen LogP contribution in [0.25, 0.3) is 0 Å². The van der Waals surface area contributed by atoms with Gasteiger partial charge in [-0.2, -0.15) is 11.8 Å². The number of aryl methyl sites for hydroxylation is 1. The summed E-state index contributed by atoms with van der Waals surface area (Å²) < 4.78 is 0. The van der Waals surface area contributed by atoms with Gasteiger partial charge in [-0.25, -0.2) is 0 Å². The van der Waals surface area contributed by atoms with Gasteiger partial charge in [-0.15, -0.1) is 0 Å². The molecule has 0 amide bonds. The van der Waals surface area contributed by atoms with E-state index in [1.165, 1.54) is 24.3 Å². The molecule has 0 saturated carbocycles. The SMILES string of the molecule is CN1Cc2cc(C(C)(C)C)cc3c2C(C1)SCC3. The van der Waals surface area contributed by atoms with E-state index in [-0.39, 0.29) is 5.41 Å². The van der Waals surface area contributed by atoms with Crippen molar-refractivity contribution in [3.63, 3.8) is 0 Å². The monoisotopic (exact) mass is 261 g/mol. The highest BCUT2D eigenvalue weighted by Gasteiger charge is 2.30. The Hall–Kier alpha value is -0.470. The molecular weight excluding hydrogens is 238 g/mol. The first kappa shape index (κ1) is 12.6. The molecule has 2 heterocycles. The smallest absolute Gasteiger partial charge is 0.0430 e. The van der Waals surface area contributed by atoms with Crippen LogP contribution in [0.1, 0.15) is 48.3 Å². The third-order valence-corrected chi connectivity index (χ3v) is 5.37. The molecule has 1 nitrogen and oxygen atoms in total. The predicted molar refractivity (Wildman–Crippen MR) is 80.4 cm³/mol. The molecule has 1 unspecified atom stereocenters. The minimum Gasteiger partial charge on any atom is -0.301 e. The molecule has 0 N–H and O–H groups in total. The summed E-state index contributed by atoms with van der Waals surface area (Å²) in [6.45, 7) is 9.32. The Labute approximate surface area is 115 Å². The summed E-state index contributed by atoms with van der Waals surface area (Å²) in [6.07, 6.45) is 1.26. The first-order chi connectivity index (χ1) is 8.45. The number of hydrogen-bond donors (Lipinski definition) is 0. The van der Waals surface area contributed by atoms with E-state index in [2.05, 4.69) is 56.6 Å². The van der Waals surface area contributed by atoms with Gasteiger partial charge in [-0.1, -0.05) is 32.9 Å². The molecule has 3 rings (SSSR count). The molecule has 2 aliphatic rings. The van der Waals surface area contributed by atoms with Crippen LogP contribution >= 0.6 is 11.8 Å². The predicted octanol–water partition coefficient (Wildman–Crippen LogP) is 3.76. The Kier molecular flexibility index (Phi) is 2.98. The van der Waals surface area contributed by atoms with Gasteiger partial charge in [0.05, 0.1) is 0 Å². The van der Waals surface area contributed by atoms with Crippen LogP contribution in [0.15, 0.2) is 12.1 Å². The number of nitrogens with zero attached hydrogens (tertiary/aromatic N) is 1. The zero-order valence-corrected chi connectivity index (χ0v) is 12.7. The van der Waals surface area contributed by atoms with Crippen LogP contribution in [-0.2, 0) is 18.4 Å². The molecule has 0 saturated heterocycles. The summed E-state index contributed by atoms with van der Waals surface area (Å²) in [5.41, 5.74) is 6.67. The van der Waals surface area contributed by atoms with E-state index >= 15 is 0 Å². The van der Waals surface area contributed by atoms with Gasteiger partial charge in [0.15, 0.2) is 0 Å². The van der Waals surface area contributed by atoms with Gasteiger partial charge < -0.3 is 4.90 Å². The Morgan fingerprint density at radius 3 is 2.67 bits per heavy atom. The molecule has 0 aromatic heterocycles. The molecule has 0 fully saturated rings. The van der Waals surface area contributed by atoms with Crippen molar-refractivity contribution >= 4 is 11.8 Å². The Balaban J connectivity index is 2.14. The molecule has 18 heavy (non-hydrogen) atoms. The summed E-state index contributed by atoms with van der Waals surface area (Å²) in [7, 11) is 2.25. The van der Waals surface area contributed by atoms with Crippen molar-refractivity contribution < 1.29 is 0 Å². The van der Waals surface area contributed by atoms with Crippen LogP contribution in [0.3, 0.4) is 0 Å². The molecule has 1 aromatic rings. The second kappa shape index (κ2) is 4.28. The fraction of sp³-hybridized carbons (Fsp3) is 0.625. The number of hydrogen-bond acceptors (Lipinski definition) is 2. The number of benzene rings is 1. The van der Waals surface area contributed by atoms with Gasteiger partial charge in [0.25, 0.3) is 0 Å². The number of rotatable bonds is 0. The third-order valence-electron chi connectivity index (χ3n) is 4.15. The highest BCUT2D eigenvalue weighted by molar-refractivity contribution is 7.99. The maximum Gasteiger partial charge on any atom is 0.0430 e. The van der Waals surface area contributed by atoms with E-state index in [9.17, 15) is 0 Å². The average molecular weight is 261 g/mol. The lowest BCUT2D eigenvalue weighted by atomic mass is 9.81.